The molecule has 1 amide bonds. The summed E-state index contributed by atoms with van der Waals surface area (Å²) in [6, 6.07) is 2.40. The predicted molar refractivity (Wildman–Crippen MR) is 113 cm³/mol. The summed E-state index contributed by atoms with van der Waals surface area (Å²) < 4.78 is 14.2. The number of likely N-dealkylation sites (N-methyl/N-ethyl adjacent to an activating group) is 1. The minimum Gasteiger partial charge on any atom is -0.380 e. The number of piperidine rings is 1. The number of anilines is 1. The monoisotopic (exact) mass is 413 g/mol. The maximum Gasteiger partial charge on any atom is 0.272 e. The number of benzene rings is 1. The molecule has 0 bridgehead atoms. The number of rotatable bonds is 3. The number of aromatic nitrogens is 2. The molecule has 0 aliphatic carbocycles. The van der Waals surface area contributed by atoms with Gasteiger partial charge in [-0.25, -0.2) is 14.5 Å². The lowest BCUT2D eigenvalue weighted by molar-refractivity contribution is -0.130. The second-order valence-electron chi connectivity index (χ2n) is 7.70. The Bertz CT molecular complexity index is 1090. The molecule has 0 saturated carbocycles. The third-order valence-corrected chi connectivity index (χ3v) is 6.10. The lowest BCUT2D eigenvalue weighted by Crippen LogP contribution is -2.49. The van der Waals surface area contributed by atoms with Crippen LogP contribution < -0.4 is 16.2 Å². The Balaban J connectivity index is 1.84. The van der Waals surface area contributed by atoms with Gasteiger partial charge in [0, 0.05) is 44.2 Å². The fraction of sp³-hybridized carbons (Fsp3) is 0.450. The van der Waals surface area contributed by atoms with Gasteiger partial charge in [-0.15, -0.1) is 0 Å². The zero-order valence-electron chi connectivity index (χ0n) is 16.8. The summed E-state index contributed by atoms with van der Waals surface area (Å²) in [5.41, 5.74) is 0.657. The standard InChI is InChI=1S/C20H24FN7O2/c1-10(29)28-5-3-11(4-6-28)17-16(19(23-2)24-9-22)18-15-13(20(30)27-26-18)7-12(21)8-14(15)25-17/h7-9,11,16-17,25H,3-6H2,1-2H3,(H,27,30)(H2,22,23,24). The minimum atomic E-state index is -0.502. The zero-order valence-corrected chi connectivity index (χ0v) is 16.8. The number of nitrogens with one attached hydrogen (secondary N) is 4. The van der Waals surface area contributed by atoms with Crippen LogP contribution in [0.15, 0.2) is 21.9 Å². The van der Waals surface area contributed by atoms with E-state index in [4.69, 9.17) is 5.41 Å². The number of halogens is 1. The van der Waals surface area contributed by atoms with Crippen molar-refractivity contribution in [1.29, 1.82) is 5.41 Å². The number of hydrogen-bond acceptors (Lipinski definition) is 5. The molecule has 158 valence electrons. The molecule has 2 atom stereocenters. The van der Waals surface area contributed by atoms with E-state index in [0.29, 0.717) is 35.7 Å². The van der Waals surface area contributed by atoms with E-state index in [2.05, 4.69) is 25.8 Å². The maximum atomic E-state index is 14.2. The van der Waals surface area contributed by atoms with Crippen LogP contribution in [0, 0.1) is 17.1 Å². The molecular weight excluding hydrogens is 389 g/mol. The first kappa shape index (κ1) is 20.0. The van der Waals surface area contributed by atoms with Gasteiger partial charge < -0.3 is 15.5 Å². The Morgan fingerprint density at radius 3 is 2.77 bits per heavy atom. The molecule has 0 radical (unpaired) electrons. The fourth-order valence-electron chi connectivity index (χ4n) is 4.69. The summed E-state index contributed by atoms with van der Waals surface area (Å²) in [6.45, 7) is 2.86. The van der Waals surface area contributed by atoms with Crippen LogP contribution in [0.1, 0.15) is 31.4 Å². The highest BCUT2D eigenvalue weighted by Gasteiger charge is 2.41. The third kappa shape index (κ3) is 3.31. The number of aliphatic imine (C=N–C) groups is 1. The first-order valence-electron chi connectivity index (χ1n) is 9.92. The van der Waals surface area contributed by atoms with Crippen molar-refractivity contribution >= 4 is 34.5 Å². The van der Waals surface area contributed by atoms with Gasteiger partial charge in [0.25, 0.3) is 5.56 Å². The van der Waals surface area contributed by atoms with E-state index < -0.39 is 11.4 Å². The summed E-state index contributed by atoms with van der Waals surface area (Å²) in [7, 11) is 1.72. The Morgan fingerprint density at radius 2 is 2.13 bits per heavy atom. The first-order chi connectivity index (χ1) is 14.4. The van der Waals surface area contributed by atoms with Gasteiger partial charge in [0.2, 0.25) is 5.91 Å². The highest BCUT2D eigenvalue weighted by atomic mass is 19.1. The molecule has 3 heterocycles. The maximum absolute atomic E-state index is 14.2. The highest BCUT2D eigenvalue weighted by Crippen LogP contribution is 2.41. The van der Waals surface area contributed by atoms with E-state index in [1.807, 2.05) is 4.90 Å². The van der Waals surface area contributed by atoms with Gasteiger partial charge in [-0.1, -0.05) is 0 Å². The molecule has 1 fully saturated rings. The number of likely N-dealkylation sites (tertiary alicyclic amines) is 1. The molecule has 30 heavy (non-hydrogen) atoms. The Kier molecular flexibility index (Phi) is 5.23. The number of aromatic amines is 1. The van der Waals surface area contributed by atoms with Gasteiger partial charge in [-0.2, -0.15) is 5.10 Å². The fourth-order valence-corrected chi connectivity index (χ4v) is 4.69. The zero-order chi connectivity index (χ0) is 21.4. The van der Waals surface area contributed by atoms with Crippen molar-refractivity contribution in [2.45, 2.75) is 31.7 Å². The van der Waals surface area contributed by atoms with Gasteiger partial charge in [0.1, 0.15) is 18.0 Å². The van der Waals surface area contributed by atoms with Crippen LogP contribution in [0.3, 0.4) is 0 Å². The van der Waals surface area contributed by atoms with Crippen molar-refractivity contribution in [3.63, 3.8) is 0 Å². The van der Waals surface area contributed by atoms with Crippen LogP contribution in [0.25, 0.3) is 10.8 Å². The lowest BCUT2D eigenvalue weighted by atomic mass is 9.76. The third-order valence-electron chi connectivity index (χ3n) is 6.10. The molecule has 2 aromatic rings. The van der Waals surface area contributed by atoms with E-state index >= 15 is 0 Å². The molecule has 2 aliphatic heterocycles. The Morgan fingerprint density at radius 1 is 1.40 bits per heavy atom. The first-order valence-corrected chi connectivity index (χ1v) is 9.92. The van der Waals surface area contributed by atoms with E-state index in [0.717, 1.165) is 19.2 Å². The normalized spacial score (nSPS) is 22.0. The van der Waals surface area contributed by atoms with Gasteiger partial charge in [0.05, 0.1) is 17.0 Å². The van der Waals surface area contributed by atoms with E-state index in [1.54, 1.807) is 14.0 Å². The van der Waals surface area contributed by atoms with Gasteiger partial charge in [-0.3, -0.25) is 15.0 Å². The van der Waals surface area contributed by atoms with Crippen LogP contribution in [0.5, 0.6) is 0 Å². The number of hydrogen-bond donors (Lipinski definition) is 4. The van der Waals surface area contributed by atoms with Crippen LogP contribution in [-0.2, 0) is 4.79 Å². The predicted octanol–water partition coefficient (Wildman–Crippen LogP) is 1.42. The second-order valence-corrected chi connectivity index (χ2v) is 7.70. The van der Waals surface area contributed by atoms with Crippen LogP contribution in [0.2, 0.25) is 0 Å². The molecule has 1 aromatic heterocycles. The van der Waals surface area contributed by atoms with E-state index in [1.165, 1.54) is 12.1 Å². The number of H-pyrrole nitrogens is 1. The average molecular weight is 413 g/mol. The average Bonchev–Trinajstić information content (AvgIpc) is 2.74. The molecule has 10 heteroatoms. The quantitative estimate of drug-likeness (QED) is 0.447. The van der Waals surface area contributed by atoms with E-state index in [-0.39, 0.29) is 29.2 Å². The summed E-state index contributed by atoms with van der Waals surface area (Å²) in [5, 5.41) is 21.5. The van der Waals surface area contributed by atoms with Crippen molar-refractivity contribution < 1.29 is 9.18 Å². The van der Waals surface area contributed by atoms with Crippen molar-refractivity contribution in [2.24, 2.45) is 10.9 Å². The van der Waals surface area contributed by atoms with Gasteiger partial charge in [0.15, 0.2) is 0 Å². The number of amidine groups is 1. The van der Waals surface area contributed by atoms with Gasteiger partial charge in [-0.05, 0) is 30.9 Å². The SMILES string of the molecule is CN/C(=N\C=N)C1c2n[nH]c(=O)c3cc(F)cc(c23)NC1C1CCN(C(C)=O)CC1. The molecular formula is C20H24FN7O2. The number of carbonyl (C=O) groups is 1. The van der Waals surface area contributed by atoms with Crippen molar-refractivity contribution in [2.75, 3.05) is 25.5 Å². The summed E-state index contributed by atoms with van der Waals surface area (Å²) in [5.74, 6) is -0.122. The largest absolute Gasteiger partial charge is 0.380 e. The summed E-state index contributed by atoms with van der Waals surface area (Å²) in [4.78, 5) is 30.0. The van der Waals surface area contributed by atoms with Crippen LogP contribution in [-0.4, -0.2) is 59.4 Å². The lowest BCUT2D eigenvalue weighted by Gasteiger charge is -2.42. The summed E-state index contributed by atoms with van der Waals surface area (Å²) >= 11 is 0. The summed E-state index contributed by atoms with van der Waals surface area (Å²) in [6.07, 6.45) is 2.50. The molecule has 4 rings (SSSR count). The minimum absolute atomic E-state index is 0.0549. The number of carbonyl (C=O) groups excluding carboxylic acids is 1. The second kappa shape index (κ2) is 7.85. The highest BCUT2D eigenvalue weighted by molar-refractivity contribution is 6.03. The molecule has 2 unspecified atom stereocenters. The van der Waals surface area contributed by atoms with Gasteiger partial charge >= 0.3 is 0 Å². The molecule has 1 saturated heterocycles. The van der Waals surface area contributed by atoms with Crippen LogP contribution in [0.4, 0.5) is 10.1 Å². The smallest absolute Gasteiger partial charge is 0.272 e. The van der Waals surface area contributed by atoms with Crippen molar-refractivity contribution in [1.82, 2.24) is 20.4 Å². The van der Waals surface area contributed by atoms with Crippen molar-refractivity contribution in [3.05, 3.63) is 34.0 Å². The molecule has 4 N–H and O–H groups in total. The van der Waals surface area contributed by atoms with Crippen LogP contribution >= 0.6 is 0 Å². The Hall–Kier alpha value is -3.30. The molecule has 9 nitrogen and oxygen atoms in total. The number of nitrogens with zero attached hydrogens (tertiary/aromatic N) is 3. The molecule has 1 aromatic carbocycles. The van der Waals surface area contributed by atoms with E-state index in [9.17, 15) is 14.0 Å². The van der Waals surface area contributed by atoms with Crippen molar-refractivity contribution in [3.8, 4) is 0 Å². The molecule has 2 aliphatic rings. The Labute approximate surface area is 172 Å². The number of amides is 1. The molecule has 0 spiro atoms. The topological polar surface area (TPSA) is 126 Å².